The number of carbonyl (C=O) groups is 2. The van der Waals surface area contributed by atoms with Crippen molar-refractivity contribution in [1.29, 1.82) is 0 Å². The highest BCUT2D eigenvalue weighted by Crippen LogP contribution is 2.30. The molecule has 0 aliphatic heterocycles. The van der Waals surface area contributed by atoms with Crippen molar-refractivity contribution in [3.63, 3.8) is 0 Å². The molecule has 0 unspecified atom stereocenters. The number of hydrogen-bond donors (Lipinski definition) is 2. The molecule has 0 spiro atoms. The minimum atomic E-state index is -0.438. The van der Waals surface area contributed by atoms with E-state index in [0.29, 0.717) is 16.4 Å². The number of nitrogens with zero attached hydrogens (tertiary/aromatic N) is 2. The number of aromatic nitrogens is 2. The smallest absolute Gasteiger partial charge is 0.315 e. The molecule has 3 rings (SSSR count). The molecule has 138 valence electrons. The van der Waals surface area contributed by atoms with E-state index in [1.54, 1.807) is 24.3 Å². The highest BCUT2D eigenvalue weighted by Gasteiger charge is 2.23. The average Bonchev–Trinajstić information content (AvgIpc) is 3.16. The first kappa shape index (κ1) is 18.4. The molecule has 0 atom stereocenters. The molecule has 1 aromatic heterocycles. The lowest BCUT2D eigenvalue weighted by molar-refractivity contribution is 0.0898. The van der Waals surface area contributed by atoms with Gasteiger partial charge in [0.05, 0.1) is 10.6 Å². The molecule has 2 amide bonds. The standard InChI is InChI=1S/C18H21ClN4O3/c19-14-9-5-4-8-13(14)16(24)20-10-11-21-17(25)18-22-15(23-26-18)12-6-2-1-3-7-12/h4-5,8-9,12H,1-3,6-7,10-11H2,(H,20,24)(H,21,25). The zero-order chi connectivity index (χ0) is 18.4. The first-order chi connectivity index (χ1) is 12.6. The van der Waals surface area contributed by atoms with E-state index in [0.717, 1.165) is 25.7 Å². The lowest BCUT2D eigenvalue weighted by Crippen LogP contribution is -2.34. The van der Waals surface area contributed by atoms with E-state index < -0.39 is 5.91 Å². The third-order valence-corrected chi connectivity index (χ3v) is 4.75. The Kier molecular flexibility index (Phi) is 6.22. The molecule has 1 aliphatic rings. The van der Waals surface area contributed by atoms with Crippen molar-refractivity contribution >= 4 is 23.4 Å². The van der Waals surface area contributed by atoms with Gasteiger partial charge in [0.15, 0.2) is 5.82 Å². The fraction of sp³-hybridized carbons (Fsp3) is 0.444. The van der Waals surface area contributed by atoms with Crippen molar-refractivity contribution < 1.29 is 14.1 Å². The second-order valence-electron chi connectivity index (χ2n) is 6.28. The number of nitrogens with one attached hydrogen (secondary N) is 2. The minimum absolute atomic E-state index is 0.0389. The molecule has 7 nitrogen and oxygen atoms in total. The van der Waals surface area contributed by atoms with Crippen molar-refractivity contribution in [2.75, 3.05) is 13.1 Å². The van der Waals surface area contributed by atoms with Crippen LogP contribution in [0.5, 0.6) is 0 Å². The van der Waals surface area contributed by atoms with Gasteiger partial charge in [0, 0.05) is 19.0 Å². The van der Waals surface area contributed by atoms with Gasteiger partial charge in [0.1, 0.15) is 0 Å². The Morgan fingerprint density at radius 2 is 1.77 bits per heavy atom. The molecule has 1 fully saturated rings. The summed E-state index contributed by atoms with van der Waals surface area (Å²) < 4.78 is 5.06. The predicted octanol–water partition coefficient (Wildman–Crippen LogP) is 2.93. The van der Waals surface area contributed by atoms with Crippen molar-refractivity contribution in [2.45, 2.75) is 38.0 Å². The van der Waals surface area contributed by atoms with Gasteiger partial charge in [-0.3, -0.25) is 9.59 Å². The zero-order valence-electron chi connectivity index (χ0n) is 14.3. The van der Waals surface area contributed by atoms with Crippen LogP contribution in [-0.4, -0.2) is 35.0 Å². The monoisotopic (exact) mass is 376 g/mol. The summed E-state index contributed by atoms with van der Waals surface area (Å²) in [7, 11) is 0. The van der Waals surface area contributed by atoms with Crippen LogP contribution in [-0.2, 0) is 0 Å². The topological polar surface area (TPSA) is 97.1 Å². The summed E-state index contributed by atoms with van der Waals surface area (Å²) in [5, 5.41) is 9.67. The van der Waals surface area contributed by atoms with Crippen molar-refractivity contribution in [3.05, 3.63) is 46.6 Å². The van der Waals surface area contributed by atoms with E-state index in [1.165, 1.54) is 6.42 Å². The maximum atomic E-state index is 12.1. The van der Waals surface area contributed by atoms with E-state index >= 15 is 0 Å². The maximum Gasteiger partial charge on any atom is 0.315 e. The van der Waals surface area contributed by atoms with Crippen LogP contribution in [0.2, 0.25) is 5.02 Å². The largest absolute Gasteiger partial charge is 0.350 e. The Labute approximate surface area is 156 Å². The molecule has 2 N–H and O–H groups in total. The summed E-state index contributed by atoms with van der Waals surface area (Å²) in [5.74, 6) is 0.127. The zero-order valence-corrected chi connectivity index (χ0v) is 15.1. The van der Waals surface area contributed by atoms with Gasteiger partial charge < -0.3 is 15.2 Å². The molecule has 0 radical (unpaired) electrons. The first-order valence-corrected chi connectivity index (χ1v) is 9.17. The summed E-state index contributed by atoms with van der Waals surface area (Å²) in [6.45, 7) is 0.510. The van der Waals surface area contributed by atoms with E-state index in [1.807, 2.05) is 0 Å². The van der Waals surface area contributed by atoms with E-state index in [-0.39, 0.29) is 30.8 Å². The van der Waals surface area contributed by atoms with Crippen LogP contribution >= 0.6 is 11.6 Å². The molecule has 1 heterocycles. The number of halogens is 1. The van der Waals surface area contributed by atoms with Gasteiger partial charge in [-0.2, -0.15) is 4.98 Å². The van der Waals surface area contributed by atoms with Gasteiger partial charge >= 0.3 is 11.8 Å². The Hall–Kier alpha value is -2.41. The van der Waals surface area contributed by atoms with Crippen LogP contribution < -0.4 is 10.6 Å². The predicted molar refractivity (Wildman–Crippen MR) is 96.2 cm³/mol. The van der Waals surface area contributed by atoms with E-state index in [2.05, 4.69) is 20.8 Å². The summed E-state index contributed by atoms with van der Waals surface area (Å²) in [5.41, 5.74) is 0.398. The number of rotatable bonds is 6. The molecule has 1 aromatic carbocycles. The number of carbonyl (C=O) groups excluding carboxylic acids is 2. The van der Waals surface area contributed by atoms with Gasteiger partial charge in [-0.05, 0) is 25.0 Å². The van der Waals surface area contributed by atoms with Crippen LogP contribution in [0.3, 0.4) is 0 Å². The molecular formula is C18H21ClN4O3. The third kappa shape index (κ3) is 4.60. The highest BCUT2D eigenvalue weighted by atomic mass is 35.5. The second-order valence-corrected chi connectivity index (χ2v) is 6.69. The first-order valence-electron chi connectivity index (χ1n) is 8.79. The Bertz CT molecular complexity index is 771. The summed E-state index contributed by atoms with van der Waals surface area (Å²) in [6.07, 6.45) is 5.63. The summed E-state index contributed by atoms with van der Waals surface area (Å²) in [6, 6.07) is 6.78. The van der Waals surface area contributed by atoms with Crippen LogP contribution in [0.4, 0.5) is 0 Å². The average molecular weight is 377 g/mol. The van der Waals surface area contributed by atoms with Crippen LogP contribution in [0.25, 0.3) is 0 Å². The molecule has 0 saturated heterocycles. The lowest BCUT2D eigenvalue weighted by Gasteiger charge is -2.17. The molecular weight excluding hydrogens is 356 g/mol. The van der Waals surface area contributed by atoms with Crippen molar-refractivity contribution in [2.24, 2.45) is 0 Å². The van der Waals surface area contributed by atoms with Gasteiger partial charge in [-0.1, -0.05) is 48.2 Å². The molecule has 8 heteroatoms. The van der Waals surface area contributed by atoms with Gasteiger partial charge in [-0.15, -0.1) is 0 Å². The Balaban J connectivity index is 1.43. The van der Waals surface area contributed by atoms with Crippen LogP contribution in [0.15, 0.2) is 28.8 Å². The second kappa shape index (κ2) is 8.80. The fourth-order valence-electron chi connectivity index (χ4n) is 3.02. The molecule has 1 saturated carbocycles. The molecule has 2 aromatic rings. The lowest BCUT2D eigenvalue weighted by atomic mass is 9.89. The van der Waals surface area contributed by atoms with Gasteiger partial charge in [0.25, 0.3) is 5.91 Å². The summed E-state index contributed by atoms with van der Waals surface area (Å²) >= 11 is 5.97. The quantitative estimate of drug-likeness (QED) is 0.755. The normalized spacial score (nSPS) is 14.8. The molecule has 1 aliphatic carbocycles. The van der Waals surface area contributed by atoms with Crippen LogP contribution in [0, 0.1) is 0 Å². The third-order valence-electron chi connectivity index (χ3n) is 4.42. The van der Waals surface area contributed by atoms with Gasteiger partial charge in [-0.25, -0.2) is 0 Å². The highest BCUT2D eigenvalue weighted by molar-refractivity contribution is 6.33. The molecule has 26 heavy (non-hydrogen) atoms. The number of hydrogen-bond acceptors (Lipinski definition) is 5. The Morgan fingerprint density at radius 3 is 2.50 bits per heavy atom. The maximum absolute atomic E-state index is 12.1. The number of amides is 2. The SMILES string of the molecule is O=C(NCCNC(=O)c1ccccc1Cl)c1nc(C2CCCCC2)no1. The Morgan fingerprint density at radius 1 is 1.08 bits per heavy atom. The number of benzene rings is 1. The van der Waals surface area contributed by atoms with E-state index in [4.69, 9.17) is 16.1 Å². The van der Waals surface area contributed by atoms with Crippen molar-refractivity contribution in [1.82, 2.24) is 20.8 Å². The van der Waals surface area contributed by atoms with Gasteiger partial charge in [0.2, 0.25) is 0 Å². The van der Waals surface area contributed by atoms with E-state index in [9.17, 15) is 9.59 Å². The summed E-state index contributed by atoms with van der Waals surface area (Å²) in [4.78, 5) is 28.3. The fourth-order valence-corrected chi connectivity index (χ4v) is 3.24. The minimum Gasteiger partial charge on any atom is -0.350 e. The molecule has 0 bridgehead atoms. The van der Waals surface area contributed by atoms with Crippen molar-refractivity contribution in [3.8, 4) is 0 Å². The van der Waals surface area contributed by atoms with Crippen LogP contribution in [0.1, 0.15) is 64.9 Å².